The van der Waals surface area contributed by atoms with Crippen molar-refractivity contribution in [1.29, 1.82) is 0 Å². The van der Waals surface area contributed by atoms with Gasteiger partial charge in [-0.15, -0.1) is 0 Å². The average Bonchev–Trinajstić information content (AvgIpc) is 3.52. The number of fused-ring (bicyclic) bond motifs is 1. The molecule has 1 aromatic carbocycles. The lowest BCUT2D eigenvalue weighted by molar-refractivity contribution is -0.118. The van der Waals surface area contributed by atoms with Crippen molar-refractivity contribution in [2.75, 3.05) is 19.8 Å². The van der Waals surface area contributed by atoms with E-state index in [-0.39, 0.29) is 17.1 Å². The van der Waals surface area contributed by atoms with Crippen LogP contribution in [-0.4, -0.2) is 51.9 Å². The Hall–Kier alpha value is -2.84. The van der Waals surface area contributed by atoms with Gasteiger partial charge in [-0.05, 0) is 30.7 Å². The molecule has 0 amide bonds. The predicted octanol–water partition coefficient (Wildman–Crippen LogP) is 5.71. The highest BCUT2D eigenvalue weighted by molar-refractivity contribution is 8.15. The maximum Gasteiger partial charge on any atom is 0.147 e. The number of benzene rings is 1. The average molecular weight is 494 g/mol. The van der Waals surface area contributed by atoms with Crippen LogP contribution in [0.3, 0.4) is 0 Å². The standard InChI is InChI=1S/C27H31N3O4S/c1-3-18-5-6-21(15-28-18)33-22-11-17-12-24(27-29-16-23(35-27)13-19(31)4-2)30-26(17)25(14-22)34-20-7-9-32-10-8-20/h5-6,11-12,14-15,20,23,30H,3-4,7-10,13,16H2,1-2H3. The van der Waals surface area contributed by atoms with Gasteiger partial charge in [0, 0.05) is 48.1 Å². The molecule has 2 aliphatic rings. The lowest BCUT2D eigenvalue weighted by Gasteiger charge is -2.24. The number of hydrogen-bond donors (Lipinski definition) is 1. The van der Waals surface area contributed by atoms with Gasteiger partial charge < -0.3 is 19.2 Å². The van der Waals surface area contributed by atoms with Crippen molar-refractivity contribution in [2.45, 2.75) is 57.3 Å². The van der Waals surface area contributed by atoms with E-state index in [4.69, 9.17) is 19.2 Å². The summed E-state index contributed by atoms with van der Waals surface area (Å²) in [6.45, 7) is 6.08. The number of carbonyl (C=O) groups excluding carboxylic acids is 1. The number of pyridine rings is 1. The van der Waals surface area contributed by atoms with Gasteiger partial charge in [0.25, 0.3) is 0 Å². The van der Waals surface area contributed by atoms with Gasteiger partial charge in [-0.25, -0.2) is 0 Å². The summed E-state index contributed by atoms with van der Waals surface area (Å²) in [5.74, 6) is 2.43. The first-order valence-electron chi connectivity index (χ1n) is 12.4. The van der Waals surface area contributed by atoms with E-state index < -0.39 is 0 Å². The first kappa shape index (κ1) is 23.9. The highest BCUT2D eigenvalue weighted by Gasteiger charge is 2.25. The summed E-state index contributed by atoms with van der Waals surface area (Å²) >= 11 is 1.68. The number of aromatic amines is 1. The minimum atomic E-state index is 0.0992. The second kappa shape index (κ2) is 10.8. The van der Waals surface area contributed by atoms with Gasteiger partial charge in [0.05, 0.1) is 37.2 Å². The number of aromatic nitrogens is 2. The molecule has 0 aliphatic carbocycles. The molecule has 0 bridgehead atoms. The van der Waals surface area contributed by atoms with E-state index in [1.165, 1.54) is 0 Å². The van der Waals surface area contributed by atoms with Gasteiger partial charge in [0.1, 0.15) is 34.2 Å². The number of rotatable bonds is 9. The Labute approximate surface area is 209 Å². The summed E-state index contributed by atoms with van der Waals surface area (Å²) in [6, 6.07) is 9.97. The fourth-order valence-electron chi connectivity index (χ4n) is 4.31. The van der Waals surface area contributed by atoms with Crippen LogP contribution in [0.15, 0.2) is 41.5 Å². The number of nitrogens with one attached hydrogen (secondary N) is 1. The quantitative estimate of drug-likeness (QED) is 0.411. The second-order valence-corrected chi connectivity index (χ2v) is 10.2. The van der Waals surface area contributed by atoms with Crippen molar-refractivity contribution in [3.8, 4) is 17.2 Å². The van der Waals surface area contributed by atoms with Crippen LogP contribution in [0.5, 0.6) is 17.2 Å². The van der Waals surface area contributed by atoms with Crippen LogP contribution in [-0.2, 0) is 16.0 Å². The van der Waals surface area contributed by atoms with Crippen LogP contribution in [0.4, 0.5) is 0 Å². The Morgan fingerprint density at radius 2 is 2.03 bits per heavy atom. The summed E-state index contributed by atoms with van der Waals surface area (Å²) in [7, 11) is 0. The Bertz CT molecular complexity index is 1220. The van der Waals surface area contributed by atoms with E-state index >= 15 is 0 Å². The number of thioether (sulfide) groups is 1. The third-order valence-corrected chi connectivity index (χ3v) is 7.54. The van der Waals surface area contributed by atoms with Crippen LogP contribution in [0.25, 0.3) is 10.9 Å². The van der Waals surface area contributed by atoms with Gasteiger partial charge in [-0.1, -0.05) is 25.6 Å². The Morgan fingerprint density at radius 1 is 1.17 bits per heavy atom. The zero-order valence-electron chi connectivity index (χ0n) is 20.2. The molecule has 2 aliphatic heterocycles. The van der Waals surface area contributed by atoms with Crippen molar-refractivity contribution in [1.82, 2.24) is 9.97 Å². The number of ketones is 1. The second-order valence-electron chi connectivity index (χ2n) is 8.92. The number of ether oxygens (including phenoxy) is 3. The molecule has 8 heteroatoms. The normalized spacial score (nSPS) is 18.6. The number of carbonyl (C=O) groups is 1. The maximum atomic E-state index is 11.9. The fraction of sp³-hybridized carbons (Fsp3) is 0.444. The van der Waals surface area contributed by atoms with E-state index in [9.17, 15) is 4.79 Å². The number of aryl methyl sites for hydroxylation is 1. The number of hydrogen-bond acceptors (Lipinski definition) is 7. The minimum Gasteiger partial charge on any atom is -0.488 e. The fourth-order valence-corrected chi connectivity index (χ4v) is 5.43. The number of H-pyrrole nitrogens is 1. The predicted molar refractivity (Wildman–Crippen MR) is 139 cm³/mol. The molecule has 1 saturated heterocycles. The van der Waals surface area contributed by atoms with Gasteiger partial charge in [0.2, 0.25) is 0 Å². The van der Waals surface area contributed by atoms with Crippen LogP contribution in [0, 0.1) is 0 Å². The van der Waals surface area contributed by atoms with Gasteiger partial charge >= 0.3 is 0 Å². The van der Waals surface area contributed by atoms with Crippen molar-refractivity contribution < 1.29 is 19.0 Å². The molecule has 184 valence electrons. The molecule has 3 aromatic rings. The highest BCUT2D eigenvalue weighted by atomic mass is 32.2. The first-order valence-corrected chi connectivity index (χ1v) is 13.3. The Morgan fingerprint density at radius 3 is 2.77 bits per heavy atom. The molecule has 1 atom stereocenters. The highest BCUT2D eigenvalue weighted by Crippen LogP contribution is 2.37. The molecule has 0 radical (unpaired) electrons. The molecular formula is C27H31N3O4S. The third kappa shape index (κ3) is 5.70. The molecule has 1 fully saturated rings. The molecule has 7 nitrogen and oxygen atoms in total. The number of Topliss-reactive ketones (excluding diaryl/α,β-unsaturated/α-hetero) is 1. The van der Waals surface area contributed by atoms with Crippen LogP contribution in [0.1, 0.15) is 50.9 Å². The Kier molecular flexibility index (Phi) is 7.39. The molecule has 1 N–H and O–H groups in total. The van der Waals surface area contributed by atoms with Gasteiger partial charge in [-0.2, -0.15) is 0 Å². The minimum absolute atomic E-state index is 0.0992. The van der Waals surface area contributed by atoms with Crippen molar-refractivity contribution in [2.24, 2.45) is 4.99 Å². The number of nitrogens with zero attached hydrogens (tertiary/aromatic N) is 2. The smallest absolute Gasteiger partial charge is 0.147 e. The van der Waals surface area contributed by atoms with E-state index in [1.54, 1.807) is 18.0 Å². The summed E-state index contributed by atoms with van der Waals surface area (Å²) in [5.41, 5.74) is 2.90. The maximum absolute atomic E-state index is 11.9. The lowest BCUT2D eigenvalue weighted by atomic mass is 10.1. The summed E-state index contributed by atoms with van der Waals surface area (Å²) in [5, 5.41) is 2.14. The monoisotopic (exact) mass is 493 g/mol. The van der Waals surface area contributed by atoms with Crippen molar-refractivity contribution in [3.05, 3.63) is 47.9 Å². The van der Waals surface area contributed by atoms with Gasteiger partial charge in [-0.3, -0.25) is 14.8 Å². The van der Waals surface area contributed by atoms with Crippen LogP contribution in [0.2, 0.25) is 0 Å². The third-order valence-electron chi connectivity index (χ3n) is 6.32. The van der Waals surface area contributed by atoms with E-state index in [0.717, 1.165) is 52.3 Å². The summed E-state index contributed by atoms with van der Waals surface area (Å²) in [6.07, 6.45) is 5.60. The molecule has 1 unspecified atom stereocenters. The van der Waals surface area contributed by atoms with E-state index in [0.29, 0.717) is 44.1 Å². The molecule has 0 saturated carbocycles. The van der Waals surface area contributed by atoms with Crippen LogP contribution >= 0.6 is 11.8 Å². The van der Waals surface area contributed by atoms with Crippen molar-refractivity contribution >= 4 is 33.5 Å². The van der Waals surface area contributed by atoms with E-state index in [1.807, 2.05) is 31.2 Å². The zero-order valence-corrected chi connectivity index (χ0v) is 21.0. The van der Waals surface area contributed by atoms with Crippen LogP contribution < -0.4 is 9.47 Å². The molecule has 4 heterocycles. The number of aliphatic imine (C=N–C) groups is 1. The molecule has 35 heavy (non-hydrogen) atoms. The molecule has 0 spiro atoms. The molecule has 2 aromatic heterocycles. The van der Waals surface area contributed by atoms with Crippen molar-refractivity contribution in [3.63, 3.8) is 0 Å². The SMILES string of the molecule is CCC(=O)CC1CN=C(c2cc3cc(Oc4ccc(CC)nc4)cc(OC4CCOCC4)c3[nH]2)S1. The lowest BCUT2D eigenvalue weighted by Crippen LogP contribution is -2.25. The topological polar surface area (TPSA) is 85.8 Å². The summed E-state index contributed by atoms with van der Waals surface area (Å²) < 4.78 is 18.1. The molecule has 5 rings (SSSR count). The Balaban J connectivity index is 1.43. The zero-order chi connectivity index (χ0) is 24.2. The largest absolute Gasteiger partial charge is 0.488 e. The van der Waals surface area contributed by atoms with Gasteiger partial charge in [0.15, 0.2) is 0 Å². The first-order chi connectivity index (χ1) is 17.1. The summed E-state index contributed by atoms with van der Waals surface area (Å²) in [4.78, 5) is 24.6. The molecular weight excluding hydrogens is 462 g/mol. The van der Waals surface area contributed by atoms with E-state index in [2.05, 4.69) is 23.0 Å².